The lowest BCUT2D eigenvalue weighted by Gasteiger charge is -2.04. The highest BCUT2D eigenvalue weighted by Gasteiger charge is 2.21. The number of imidazole rings is 1. The van der Waals surface area contributed by atoms with Crippen LogP contribution in [-0.4, -0.2) is 39.2 Å². The van der Waals surface area contributed by atoms with Gasteiger partial charge in [-0.1, -0.05) is 12.1 Å². The third-order valence-corrected chi connectivity index (χ3v) is 3.45. The van der Waals surface area contributed by atoms with E-state index < -0.39 is 0 Å². The lowest BCUT2D eigenvalue weighted by molar-refractivity contribution is 0.0953. The third kappa shape index (κ3) is 2.58. The van der Waals surface area contributed by atoms with Gasteiger partial charge >= 0.3 is 0 Å². The summed E-state index contributed by atoms with van der Waals surface area (Å²) in [7, 11) is 0. The number of fused-ring (bicyclic) bond motifs is 1. The number of aryl methyl sites for hydroxylation is 1. The van der Waals surface area contributed by atoms with Crippen LogP contribution in [0.3, 0.4) is 0 Å². The number of nitrogens with two attached hydrogens (primary N) is 1. The van der Waals surface area contributed by atoms with Crippen molar-refractivity contribution in [1.82, 2.24) is 25.5 Å². The molecule has 7 heteroatoms. The number of nitrogens with one attached hydrogen (secondary N) is 3. The predicted octanol–water partition coefficient (Wildman–Crippen LogP) is 1.34. The Morgan fingerprint density at radius 2 is 2.18 bits per heavy atom. The largest absolute Gasteiger partial charge is 0.352 e. The topological polar surface area (TPSA) is 112 Å². The van der Waals surface area contributed by atoms with E-state index >= 15 is 0 Å². The van der Waals surface area contributed by atoms with Gasteiger partial charge in [0.15, 0.2) is 5.82 Å². The lowest BCUT2D eigenvalue weighted by Crippen LogP contribution is -2.26. The Morgan fingerprint density at radius 3 is 2.95 bits per heavy atom. The molecule has 2 aromatic heterocycles. The molecule has 114 valence electrons. The number of carbonyl (C=O) groups is 1. The standard InChI is InChI=1S/C15H18N6O/c1-9-12(15(22)17-8-4-7-16)13(21-20-9)14-18-10-5-2-3-6-11(10)19-14/h2-3,5-6H,4,7-8,16H2,1H3,(H,17,22)(H,18,19)(H,20,21). The van der Waals surface area contributed by atoms with Crippen LogP contribution in [0.1, 0.15) is 22.5 Å². The summed E-state index contributed by atoms with van der Waals surface area (Å²) in [6, 6.07) is 7.70. The van der Waals surface area contributed by atoms with E-state index in [2.05, 4.69) is 25.5 Å². The number of aromatic nitrogens is 4. The summed E-state index contributed by atoms with van der Waals surface area (Å²) < 4.78 is 0. The smallest absolute Gasteiger partial charge is 0.255 e. The van der Waals surface area contributed by atoms with E-state index in [1.807, 2.05) is 31.2 Å². The Kier molecular flexibility index (Phi) is 3.88. The van der Waals surface area contributed by atoms with Crippen LogP contribution in [0, 0.1) is 6.92 Å². The number of rotatable bonds is 5. The Labute approximate surface area is 127 Å². The van der Waals surface area contributed by atoms with Gasteiger partial charge in [0.1, 0.15) is 5.69 Å². The average molecular weight is 298 g/mol. The van der Waals surface area contributed by atoms with Gasteiger partial charge in [0.05, 0.1) is 16.6 Å². The highest BCUT2D eigenvalue weighted by molar-refractivity contribution is 6.00. The highest BCUT2D eigenvalue weighted by atomic mass is 16.1. The molecule has 0 bridgehead atoms. The first-order chi connectivity index (χ1) is 10.7. The molecule has 0 aliphatic heterocycles. The molecule has 0 aliphatic carbocycles. The maximum atomic E-state index is 12.4. The van der Waals surface area contributed by atoms with Gasteiger partial charge in [-0.15, -0.1) is 0 Å². The second-order valence-electron chi connectivity index (χ2n) is 5.07. The minimum absolute atomic E-state index is 0.171. The summed E-state index contributed by atoms with van der Waals surface area (Å²) in [6.07, 6.45) is 0.739. The first-order valence-corrected chi connectivity index (χ1v) is 7.19. The van der Waals surface area contributed by atoms with Crippen molar-refractivity contribution >= 4 is 16.9 Å². The van der Waals surface area contributed by atoms with E-state index in [1.165, 1.54) is 0 Å². The van der Waals surface area contributed by atoms with Crippen molar-refractivity contribution in [3.05, 3.63) is 35.5 Å². The minimum atomic E-state index is -0.171. The van der Waals surface area contributed by atoms with Crippen LogP contribution < -0.4 is 11.1 Å². The Morgan fingerprint density at radius 1 is 1.36 bits per heavy atom. The SMILES string of the molecule is Cc1[nH]nc(-c2nc3ccccc3[nH]2)c1C(=O)NCCCN. The Balaban J connectivity index is 1.96. The maximum Gasteiger partial charge on any atom is 0.255 e. The molecule has 0 saturated heterocycles. The van der Waals surface area contributed by atoms with Crippen LogP contribution in [0.4, 0.5) is 0 Å². The van der Waals surface area contributed by atoms with Crippen molar-refractivity contribution < 1.29 is 4.79 Å². The van der Waals surface area contributed by atoms with Crippen LogP contribution in [-0.2, 0) is 0 Å². The van der Waals surface area contributed by atoms with Crippen molar-refractivity contribution in [3.63, 3.8) is 0 Å². The van der Waals surface area contributed by atoms with Crippen molar-refractivity contribution in [3.8, 4) is 11.5 Å². The van der Waals surface area contributed by atoms with Crippen molar-refractivity contribution in [1.29, 1.82) is 0 Å². The zero-order chi connectivity index (χ0) is 15.5. The number of amides is 1. The second-order valence-corrected chi connectivity index (χ2v) is 5.07. The second kappa shape index (κ2) is 5.98. The van der Waals surface area contributed by atoms with Gasteiger partial charge < -0.3 is 16.0 Å². The molecule has 0 spiro atoms. The normalized spacial score (nSPS) is 11.0. The molecular formula is C15H18N6O. The predicted molar refractivity (Wildman–Crippen MR) is 84.4 cm³/mol. The lowest BCUT2D eigenvalue weighted by atomic mass is 10.1. The van der Waals surface area contributed by atoms with E-state index in [0.29, 0.717) is 35.9 Å². The van der Waals surface area contributed by atoms with E-state index in [-0.39, 0.29) is 5.91 Å². The summed E-state index contributed by atoms with van der Waals surface area (Å²) in [5.41, 5.74) is 8.94. The number of hydrogen-bond acceptors (Lipinski definition) is 4. The number of hydrogen-bond donors (Lipinski definition) is 4. The monoisotopic (exact) mass is 298 g/mol. The van der Waals surface area contributed by atoms with Crippen LogP contribution in [0.25, 0.3) is 22.6 Å². The highest BCUT2D eigenvalue weighted by Crippen LogP contribution is 2.23. The van der Waals surface area contributed by atoms with E-state index in [4.69, 9.17) is 5.73 Å². The van der Waals surface area contributed by atoms with Crippen LogP contribution in [0.15, 0.2) is 24.3 Å². The fourth-order valence-electron chi connectivity index (χ4n) is 2.34. The Bertz CT molecular complexity index is 770. The van der Waals surface area contributed by atoms with Crippen molar-refractivity contribution in [2.24, 2.45) is 5.73 Å². The summed E-state index contributed by atoms with van der Waals surface area (Å²) in [6.45, 7) is 2.90. The molecule has 22 heavy (non-hydrogen) atoms. The van der Waals surface area contributed by atoms with Crippen molar-refractivity contribution in [2.75, 3.05) is 13.1 Å². The van der Waals surface area contributed by atoms with Crippen molar-refractivity contribution in [2.45, 2.75) is 13.3 Å². The number of benzene rings is 1. The van der Waals surface area contributed by atoms with E-state index in [0.717, 1.165) is 17.5 Å². The molecule has 0 fully saturated rings. The molecule has 1 aromatic carbocycles. The van der Waals surface area contributed by atoms with Gasteiger partial charge in [0.2, 0.25) is 0 Å². The van der Waals surface area contributed by atoms with Crippen LogP contribution in [0.2, 0.25) is 0 Å². The molecule has 0 saturated carbocycles. The minimum Gasteiger partial charge on any atom is -0.352 e. The number of nitrogens with zero attached hydrogens (tertiary/aromatic N) is 2. The molecule has 5 N–H and O–H groups in total. The molecule has 0 radical (unpaired) electrons. The summed E-state index contributed by atoms with van der Waals surface area (Å²) in [4.78, 5) is 20.0. The number of para-hydroxylation sites is 2. The van der Waals surface area contributed by atoms with Gasteiger partial charge in [-0.2, -0.15) is 5.10 Å². The summed E-state index contributed by atoms with van der Waals surface area (Å²) in [5.74, 6) is 0.407. The molecule has 1 amide bonds. The quantitative estimate of drug-likeness (QED) is 0.532. The average Bonchev–Trinajstić information content (AvgIpc) is 3.10. The van der Waals surface area contributed by atoms with E-state index in [1.54, 1.807) is 0 Å². The number of carbonyl (C=O) groups excluding carboxylic acids is 1. The molecule has 0 unspecified atom stereocenters. The molecule has 3 aromatic rings. The van der Waals surface area contributed by atoms with Gasteiger partial charge in [-0.05, 0) is 32.0 Å². The summed E-state index contributed by atoms with van der Waals surface area (Å²) in [5, 5.41) is 9.93. The van der Waals surface area contributed by atoms with Crippen LogP contribution >= 0.6 is 0 Å². The van der Waals surface area contributed by atoms with Gasteiger partial charge in [0, 0.05) is 12.2 Å². The fraction of sp³-hybridized carbons (Fsp3) is 0.267. The van der Waals surface area contributed by atoms with Gasteiger partial charge in [0.25, 0.3) is 5.91 Å². The zero-order valence-corrected chi connectivity index (χ0v) is 12.3. The Hall–Kier alpha value is -2.67. The van der Waals surface area contributed by atoms with Gasteiger partial charge in [-0.25, -0.2) is 4.98 Å². The molecular weight excluding hydrogens is 280 g/mol. The number of aromatic amines is 2. The molecule has 2 heterocycles. The fourth-order valence-corrected chi connectivity index (χ4v) is 2.34. The third-order valence-electron chi connectivity index (χ3n) is 3.45. The van der Waals surface area contributed by atoms with Gasteiger partial charge in [-0.3, -0.25) is 9.89 Å². The molecule has 7 nitrogen and oxygen atoms in total. The maximum absolute atomic E-state index is 12.4. The van der Waals surface area contributed by atoms with E-state index in [9.17, 15) is 4.79 Å². The first kappa shape index (κ1) is 14.3. The molecule has 3 rings (SSSR count). The first-order valence-electron chi connectivity index (χ1n) is 7.19. The molecule has 0 aliphatic rings. The zero-order valence-electron chi connectivity index (χ0n) is 12.3. The molecule has 0 atom stereocenters. The number of H-pyrrole nitrogens is 2. The van der Waals surface area contributed by atoms with Crippen LogP contribution in [0.5, 0.6) is 0 Å². The summed E-state index contributed by atoms with van der Waals surface area (Å²) >= 11 is 0.